The third kappa shape index (κ3) is 7.42. The van der Waals surface area contributed by atoms with Gasteiger partial charge in [-0.15, -0.1) is 0 Å². The van der Waals surface area contributed by atoms with E-state index >= 15 is 0 Å². The largest absolute Gasteiger partial charge is 0.341 e. The molecule has 1 saturated heterocycles. The van der Waals surface area contributed by atoms with Crippen molar-refractivity contribution in [3.05, 3.63) is 34.9 Å². The molecule has 3 aliphatic rings. The lowest BCUT2D eigenvalue weighted by Crippen LogP contribution is -2.60. The maximum Gasteiger partial charge on any atom is 0.319 e. The maximum absolute atomic E-state index is 14.0. The van der Waals surface area contributed by atoms with Gasteiger partial charge in [-0.05, 0) is 75.0 Å². The molecule has 3 amide bonds. The van der Waals surface area contributed by atoms with Crippen molar-refractivity contribution < 1.29 is 9.59 Å². The van der Waals surface area contributed by atoms with Crippen molar-refractivity contribution >= 4 is 23.5 Å². The van der Waals surface area contributed by atoms with Crippen molar-refractivity contribution in [3.63, 3.8) is 0 Å². The average molecular weight is 546 g/mol. The minimum absolute atomic E-state index is 0.117. The molecule has 3 fully saturated rings. The molecule has 212 valence electrons. The molecule has 1 aliphatic heterocycles. The molecule has 2 unspecified atom stereocenters. The van der Waals surface area contributed by atoms with Crippen LogP contribution in [0.3, 0.4) is 0 Å². The van der Waals surface area contributed by atoms with Crippen molar-refractivity contribution in [2.24, 2.45) is 11.7 Å². The van der Waals surface area contributed by atoms with Gasteiger partial charge >= 0.3 is 6.03 Å². The number of nitrogens with zero attached hydrogens (tertiary/aromatic N) is 3. The number of carbonyl (C=O) groups is 2. The molecule has 2 saturated carbocycles. The fourth-order valence-electron chi connectivity index (χ4n) is 6.77. The molecule has 3 atom stereocenters. The minimum atomic E-state index is -0.280. The monoisotopic (exact) mass is 545 g/mol. The van der Waals surface area contributed by atoms with E-state index < -0.39 is 0 Å². The lowest BCUT2D eigenvalue weighted by molar-refractivity contribution is -0.136. The van der Waals surface area contributed by atoms with Gasteiger partial charge in [-0.1, -0.05) is 49.9 Å². The summed E-state index contributed by atoms with van der Waals surface area (Å²) in [6.45, 7) is 3.58. The van der Waals surface area contributed by atoms with Crippen molar-refractivity contribution in [1.82, 2.24) is 20.0 Å². The Bertz CT molecular complexity index is 912. The van der Waals surface area contributed by atoms with Crippen LogP contribution in [0.25, 0.3) is 0 Å². The van der Waals surface area contributed by atoms with Gasteiger partial charge in [0.25, 0.3) is 0 Å². The van der Waals surface area contributed by atoms with E-state index in [0.29, 0.717) is 36.6 Å². The molecule has 4 rings (SSSR count). The highest BCUT2D eigenvalue weighted by molar-refractivity contribution is 6.30. The molecule has 7 nitrogen and oxygen atoms in total. The van der Waals surface area contributed by atoms with Gasteiger partial charge in [0.05, 0.1) is 6.04 Å². The number of nitrogens with one attached hydrogen (secondary N) is 1. The minimum Gasteiger partial charge on any atom is -0.341 e. The van der Waals surface area contributed by atoms with Crippen molar-refractivity contribution in [1.29, 1.82) is 0 Å². The van der Waals surface area contributed by atoms with Crippen LogP contribution in [0.5, 0.6) is 0 Å². The number of likely N-dealkylation sites (tertiary alicyclic amines) is 1. The zero-order valence-corrected chi connectivity index (χ0v) is 24.3. The molecule has 0 spiro atoms. The van der Waals surface area contributed by atoms with Crippen LogP contribution in [-0.4, -0.2) is 84.0 Å². The van der Waals surface area contributed by atoms with Gasteiger partial charge < -0.3 is 25.8 Å². The summed E-state index contributed by atoms with van der Waals surface area (Å²) in [6.07, 6.45) is 11.3. The first-order valence-electron chi connectivity index (χ1n) is 14.8. The lowest BCUT2D eigenvalue weighted by Gasteiger charge is -2.48. The molecule has 1 aromatic rings. The number of carbonyl (C=O) groups excluding carboxylic acids is 2. The van der Waals surface area contributed by atoms with E-state index in [1.165, 1.54) is 19.3 Å². The number of nitrogens with two attached hydrogens (primary N) is 1. The summed E-state index contributed by atoms with van der Waals surface area (Å²) in [7, 11) is 3.71. The summed E-state index contributed by atoms with van der Waals surface area (Å²) in [5, 5.41) is 4.42. The van der Waals surface area contributed by atoms with Gasteiger partial charge in [-0.3, -0.25) is 4.79 Å². The summed E-state index contributed by atoms with van der Waals surface area (Å²) < 4.78 is 0. The van der Waals surface area contributed by atoms with Gasteiger partial charge in [-0.25, -0.2) is 4.79 Å². The Labute approximate surface area is 234 Å². The Morgan fingerprint density at radius 2 is 1.68 bits per heavy atom. The van der Waals surface area contributed by atoms with E-state index in [2.05, 4.69) is 17.1 Å². The third-order valence-electron chi connectivity index (χ3n) is 8.96. The fourth-order valence-corrected chi connectivity index (χ4v) is 6.90. The van der Waals surface area contributed by atoms with Gasteiger partial charge in [0, 0.05) is 56.4 Å². The number of urea groups is 1. The molecular weight excluding hydrogens is 498 g/mol. The molecule has 0 bridgehead atoms. The number of amides is 3. The van der Waals surface area contributed by atoms with Crippen LogP contribution in [0.2, 0.25) is 5.02 Å². The number of rotatable bonds is 7. The molecule has 3 N–H and O–H groups in total. The van der Waals surface area contributed by atoms with Crippen LogP contribution in [0.15, 0.2) is 24.3 Å². The molecule has 8 heteroatoms. The molecule has 2 aliphatic carbocycles. The Balaban J connectivity index is 1.46. The van der Waals surface area contributed by atoms with Crippen LogP contribution in [-0.2, 0) is 11.2 Å². The Kier molecular flexibility index (Phi) is 10.4. The van der Waals surface area contributed by atoms with Crippen LogP contribution in [0.1, 0.15) is 76.7 Å². The fraction of sp³-hybridized carbons (Fsp3) is 0.733. The Morgan fingerprint density at radius 1 is 1.03 bits per heavy atom. The predicted octanol–water partition coefficient (Wildman–Crippen LogP) is 4.66. The van der Waals surface area contributed by atoms with Gasteiger partial charge in [0.1, 0.15) is 0 Å². The summed E-state index contributed by atoms with van der Waals surface area (Å²) >= 11 is 6.12. The second kappa shape index (κ2) is 13.5. The van der Waals surface area contributed by atoms with Crippen LogP contribution in [0.4, 0.5) is 4.79 Å². The van der Waals surface area contributed by atoms with E-state index in [1.54, 1.807) is 4.90 Å². The Hall–Kier alpha value is -1.83. The van der Waals surface area contributed by atoms with E-state index in [-0.39, 0.29) is 36.0 Å². The smallest absolute Gasteiger partial charge is 0.319 e. The standard InChI is InChI=1S/C30H48ClN5O2/c1-21-20-35(18-17-28(21)36(30(38)34(2)3)26-7-5-4-6-8-26)29(37)27(19-22-9-11-23(31)12-10-22)33-25-15-13-24(32)14-16-25/h9-12,21,24-28,33H,4-8,13-20,32H2,1-3H3/t21?,24?,25?,27-,28?/m0/s1. The van der Waals surface area contributed by atoms with Crippen LogP contribution >= 0.6 is 11.6 Å². The highest BCUT2D eigenvalue weighted by atomic mass is 35.5. The quantitative estimate of drug-likeness (QED) is 0.522. The zero-order chi connectivity index (χ0) is 27.2. The van der Waals surface area contributed by atoms with E-state index in [4.69, 9.17) is 17.3 Å². The van der Waals surface area contributed by atoms with E-state index in [9.17, 15) is 9.59 Å². The number of hydrogen-bond acceptors (Lipinski definition) is 4. The van der Waals surface area contributed by atoms with Gasteiger partial charge in [0.15, 0.2) is 0 Å². The van der Waals surface area contributed by atoms with Crippen molar-refractivity contribution in [2.75, 3.05) is 27.2 Å². The zero-order valence-electron chi connectivity index (χ0n) is 23.6. The molecule has 0 radical (unpaired) electrons. The summed E-state index contributed by atoms with van der Waals surface area (Å²) in [5.74, 6) is 0.394. The SMILES string of the molecule is CC1CN(C(=O)[C@H](Cc2ccc(Cl)cc2)NC2CCC(N)CC2)CCC1N(C(=O)N(C)C)C1CCCCC1. The first kappa shape index (κ1) is 29.2. The first-order chi connectivity index (χ1) is 18.2. The second-order valence-electron chi connectivity index (χ2n) is 12.2. The van der Waals surface area contributed by atoms with Crippen molar-refractivity contribution in [3.8, 4) is 0 Å². The number of benzene rings is 1. The van der Waals surface area contributed by atoms with Crippen molar-refractivity contribution in [2.45, 2.75) is 108 Å². The van der Waals surface area contributed by atoms with E-state index in [0.717, 1.165) is 50.5 Å². The van der Waals surface area contributed by atoms with Crippen LogP contribution in [0, 0.1) is 5.92 Å². The molecule has 38 heavy (non-hydrogen) atoms. The molecule has 1 heterocycles. The summed E-state index contributed by atoms with van der Waals surface area (Å²) in [5.41, 5.74) is 7.25. The van der Waals surface area contributed by atoms with Gasteiger partial charge in [-0.2, -0.15) is 0 Å². The Morgan fingerprint density at radius 3 is 2.29 bits per heavy atom. The normalized spacial score (nSPS) is 27.6. The molecule has 0 aromatic heterocycles. The topological polar surface area (TPSA) is 81.9 Å². The maximum atomic E-state index is 14.0. The lowest BCUT2D eigenvalue weighted by atomic mass is 9.87. The molecule has 1 aromatic carbocycles. The number of halogens is 1. The molecular formula is C30H48ClN5O2. The highest BCUT2D eigenvalue weighted by Gasteiger charge is 2.40. The highest BCUT2D eigenvalue weighted by Crippen LogP contribution is 2.31. The predicted molar refractivity (Wildman–Crippen MR) is 154 cm³/mol. The van der Waals surface area contributed by atoms with Gasteiger partial charge in [0.2, 0.25) is 5.91 Å². The summed E-state index contributed by atoms with van der Waals surface area (Å²) in [6, 6.07) is 8.73. The summed E-state index contributed by atoms with van der Waals surface area (Å²) in [4.78, 5) is 33.3. The van der Waals surface area contributed by atoms with E-state index in [1.807, 2.05) is 43.3 Å². The third-order valence-corrected chi connectivity index (χ3v) is 9.21. The average Bonchev–Trinajstić information content (AvgIpc) is 2.92. The first-order valence-corrected chi connectivity index (χ1v) is 15.1. The number of piperidine rings is 1. The van der Waals surface area contributed by atoms with Crippen LogP contribution < -0.4 is 11.1 Å². The number of hydrogen-bond donors (Lipinski definition) is 2. The second-order valence-corrected chi connectivity index (χ2v) is 12.6.